The van der Waals surface area contributed by atoms with Crippen molar-refractivity contribution in [2.24, 2.45) is 5.92 Å². The van der Waals surface area contributed by atoms with E-state index in [2.05, 4.69) is 22.3 Å². The Morgan fingerprint density at radius 2 is 1.90 bits per heavy atom. The largest absolute Gasteiger partial charge is 0.381 e. The average Bonchev–Trinajstić information content (AvgIpc) is 3.03. The van der Waals surface area contributed by atoms with Crippen LogP contribution in [0.5, 0.6) is 0 Å². The highest BCUT2D eigenvalue weighted by Crippen LogP contribution is 2.22. The first-order valence-electron chi connectivity index (χ1n) is 8.02. The molecule has 2 heterocycles. The monoisotopic (exact) mass is 288 g/mol. The summed E-state index contributed by atoms with van der Waals surface area (Å²) in [4.78, 5) is 14.8. The molecule has 0 aromatic heterocycles. The maximum Gasteiger partial charge on any atom is 0.227 e. The third-order valence-electron chi connectivity index (χ3n) is 4.46. The van der Waals surface area contributed by atoms with Gasteiger partial charge in [-0.25, -0.2) is 0 Å². The van der Waals surface area contributed by atoms with Gasteiger partial charge in [-0.2, -0.15) is 0 Å². The highest BCUT2D eigenvalue weighted by molar-refractivity contribution is 5.93. The van der Waals surface area contributed by atoms with Crippen LogP contribution in [0.15, 0.2) is 24.3 Å². The summed E-state index contributed by atoms with van der Waals surface area (Å²) in [5.41, 5.74) is 2.20. The molecule has 2 saturated heterocycles. The van der Waals surface area contributed by atoms with Crippen molar-refractivity contribution in [1.82, 2.24) is 4.90 Å². The molecular weight excluding hydrogens is 264 g/mol. The van der Waals surface area contributed by atoms with Crippen LogP contribution in [0.3, 0.4) is 0 Å². The number of carbonyl (C=O) groups excluding carboxylic acids is 1. The Kier molecular flexibility index (Phi) is 4.88. The molecule has 1 aromatic carbocycles. The van der Waals surface area contributed by atoms with Crippen LogP contribution < -0.4 is 5.32 Å². The molecule has 1 amide bonds. The number of hydrogen-bond donors (Lipinski definition) is 1. The van der Waals surface area contributed by atoms with Crippen LogP contribution in [-0.4, -0.2) is 37.1 Å². The number of rotatable bonds is 4. The lowest BCUT2D eigenvalue weighted by Crippen LogP contribution is -2.29. The van der Waals surface area contributed by atoms with Gasteiger partial charge in [-0.1, -0.05) is 18.2 Å². The fourth-order valence-corrected chi connectivity index (χ4v) is 3.16. The minimum absolute atomic E-state index is 0.0959. The predicted molar refractivity (Wildman–Crippen MR) is 83.1 cm³/mol. The normalized spacial score (nSPS) is 20.6. The van der Waals surface area contributed by atoms with Gasteiger partial charge in [0.05, 0.1) is 0 Å². The van der Waals surface area contributed by atoms with E-state index in [9.17, 15) is 4.79 Å². The molecule has 2 aliphatic rings. The van der Waals surface area contributed by atoms with Gasteiger partial charge >= 0.3 is 0 Å². The third kappa shape index (κ3) is 3.83. The first kappa shape index (κ1) is 14.5. The Morgan fingerprint density at radius 3 is 2.67 bits per heavy atom. The maximum absolute atomic E-state index is 12.4. The van der Waals surface area contributed by atoms with Gasteiger partial charge < -0.3 is 10.1 Å². The Bertz CT molecular complexity index is 477. The number of nitrogens with zero attached hydrogens (tertiary/aromatic N) is 1. The van der Waals surface area contributed by atoms with E-state index in [4.69, 9.17) is 4.74 Å². The third-order valence-corrected chi connectivity index (χ3v) is 4.46. The van der Waals surface area contributed by atoms with Crippen molar-refractivity contribution in [3.63, 3.8) is 0 Å². The first-order chi connectivity index (χ1) is 10.3. The number of nitrogens with one attached hydrogen (secondary N) is 1. The van der Waals surface area contributed by atoms with Gasteiger partial charge in [0.2, 0.25) is 5.91 Å². The second-order valence-electron chi connectivity index (χ2n) is 6.02. The quantitative estimate of drug-likeness (QED) is 0.926. The van der Waals surface area contributed by atoms with Crippen LogP contribution in [0.25, 0.3) is 0 Å². The minimum Gasteiger partial charge on any atom is -0.381 e. The number of hydrogen-bond acceptors (Lipinski definition) is 3. The molecule has 2 fully saturated rings. The second kappa shape index (κ2) is 7.05. The van der Waals surface area contributed by atoms with Crippen molar-refractivity contribution in [3.05, 3.63) is 29.8 Å². The summed E-state index contributed by atoms with van der Waals surface area (Å²) in [5.74, 6) is 0.241. The van der Waals surface area contributed by atoms with Crippen LogP contribution in [0.1, 0.15) is 31.2 Å². The summed E-state index contributed by atoms with van der Waals surface area (Å²) in [6.45, 7) is 4.68. The van der Waals surface area contributed by atoms with Crippen molar-refractivity contribution in [1.29, 1.82) is 0 Å². The van der Waals surface area contributed by atoms with Gasteiger partial charge in [-0.15, -0.1) is 0 Å². The number of likely N-dealkylation sites (tertiary alicyclic amines) is 1. The van der Waals surface area contributed by atoms with E-state index in [1.165, 1.54) is 31.5 Å². The lowest BCUT2D eigenvalue weighted by Gasteiger charge is -2.23. The van der Waals surface area contributed by atoms with Crippen molar-refractivity contribution in [3.8, 4) is 0 Å². The number of carbonyl (C=O) groups is 1. The lowest BCUT2D eigenvalue weighted by molar-refractivity contribution is -0.122. The molecular formula is C17H24N2O2. The molecule has 114 valence electrons. The zero-order valence-electron chi connectivity index (χ0n) is 12.5. The Morgan fingerprint density at radius 1 is 1.19 bits per heavy atom. The summed E-state index contributed by atoms with van der Waals surface area (Å²) in [6.07, 6.45) is 4.24. The van der Waals surface area contributed by atoms with Crippen LogP contribution >= 0.6 is 0 Å². The topological polar surface area (TPSA) is 41.6 Å². The zero-order chi connectivity index (χ0) is 14.5. The summed E-state index contributed by atoms with van der Waals surface area (Å²) in [6, 6.07) is 8.18. The zero-order valence-corrected chi connectivity index (χ0v) is 12.5. The molecule has 0 radical (unpaired) electrons. The lowest BCUT2D eigenvalue weighted by atomic mass is 9.99. The van der Waals surface area contributed by atoms with E-state index in [1.807, 2.05) is 12.1 Å². The van der Waals surface area contributed by atoms with E-state index in [0.717, 1.165) is 25.1 Å². The van der Waals surface area contributed by atoms with E-state index < -0.39 is 0 Å². The standard InChI is InChI=1S/C17H24N2O2/c20-17(14-7-11-21-12-8-14)18-16-6-2-1-5-15(16)13-19-9-3-4-10-19/h1-2,5-6,14H,3-4,7-13H2,(H,18,20). The van der Waals surface area contributed by atoms with E-state index in [-0.39, 0.29) is 11.8 Å². The van der Waals surface area contributed by atoms with Crippen LogP contribution in [0.4, 0.5) is 5.69 Å². The van der Waals surface area contributed by atoms with E-state index in [1.54, 1.807) is 0 Å². The molecule has 0 spiro atoms. The fourth-order valence-electron chi connectivity index (χ4n) is 3.16. The smallest absolute Gasteiger partial charge is 0.227 e. The van der Waals surface area contributed by atoms with Gasteiger partial charge in [0, 0.05) is 31.4 Å². The predicted octanol–water partition coefficient (Wildman–Crippen LogP) is 2.65. The number of benzene rings is 1. The van der Waals surface area contributed by atoms with Crippen molar-refractivity contribution in [2.75, 3.05) is 31.6 Å². The van der Waals surface area contributed by atoms with Crippen LogP contribution in [0, 0.1) is 5.92 Å². The Labute approximate surface area is 126 Å². The highest BCUT2D eigenvalue weighted by Gasteiger charge is 2.22. The summed E-state index contributed by atoms with van der Waals surface area (Å²) < 4.78 is 5.33. The van der Waals surface area contributed by atoms with Crippen molar-refractivity contribution < 1.29 is 9.53 Å². The molecule has 3 rings (SSSR count). The molecule has 0 atom stereocenters. The van der Waals surface area contributed by atoms with Gasteiger partial charge in [-0.05, 0) is 50.4 Å². The molecule has 21 heavy (non-hydrogen) atoms. The highest BCUT2D eigenvalue weighted by atomic mass is 16.5. The molecule has 0 saturated carbocycles. The van der Waals surface area contributed by atoms with E-state index >= 15 is 0 Å². The number of ether oxygens (including phenoxy) is 1. The first-order valence-corrected chi connectivity index (χ1v) is 8.02. The molecule has 0 bridgehead atoms. The molecule has 1 aromatic rings. The Balaban J connectivity index is 1.65. The van der Waals surface area contributed by atoms with Gasteiger partial charge in [0.25, 0.3) is 0 Å². The molecule has 2 aliphatic heterocycles. The average molecular weight is 288 g/mol. The summed E-state index contributed by atoms with van der Waals surface area (Å²) >= 11 is 0. The number of para-hydroxylation sites is 1. The molecule has 4 nitrogen and oxygen atoms in total. The summed E-state index contributed by atoms with van der Waals surface area (Å²) in [5, 5.41) is 3.13. The van der Waals surface area contributed by atoms with Crippen LogP contribution in [-0.2, 0) is 16.1 Å². The van der Waals surface area contributed by atoms with Crippen LogP contribution in [0.2, 0.25) is 0 Å². The number of amides is 1. The minimum atomic E-state index is 0.0959. The second-order valence-corrected chi connectivity index (χ2v) is 6.02. The van der Waals surface area contributed by atoms with Crippen molar-refractivity contribution in [2.45, 2.75) is 32.2 Å². The maximum atomic E-state index is 12.4. The van der Waals surface area contributed by atoms with Gasteiger partial charge in [-0.3, -0.25) is 9.69 Å². The fraction of sp³-hybridized carbons (Fsp3) is 0.588. The van der Waals surface area contributed by atoms with Crippen molar-refractivity contribution >= 4 is 11.6 Å². The van der Waals surface area contributed by atoms with Gasteiger partial charge in [0.15, 0.2) is 0 Å². The molecule has 0 aliphatic carbocycles. The number of anilines is 1. The molecule has 1 N–H and O–H groups in total. The molecule has 0 unspecified atom stereocenters. The SMILES string of the molecule is O=C(Nc1ccccc1CN1CCCC1)C1CCOCC1. The molecule has 4 heteroatoms. The summed E-state index contributed by atoms with van der Waals surface area (Å²) in [7, 11) is 0. The van der Waals surface area contributed by atoms with E-state index in [0.29, 0.717) is 13.2 Å². The Hall–Kier alpha value is -1.39. The van der Waals surface area contributed by atoms with Gasteiger partial charge in [0.1, 0.15) is 0 Å².